The van der Waals surface area contributed by atoms with Gasteiger partial charge in [-0.1, -0.05) is 0 Å². The predicted octanol–water partition coefficient (Wildman–Crippen LogP) is 1.54. The SMILES string of the molecule is CNc1c([N+](=O)[O-])ncc(OC(=CN)c2cnc(N(C)C(=O)C3CC3)cn2)c1OC. The second kappa shape index (κ2) is 8.59. The van der Waals surface area contributed by atoms with E-state index in [-0.39, 0.29) is 34.8 Å². The largest absolute Gasteiger partial charge is 0.491 e. The molecular weight excluding hydrogens is 394 g/mol. The summed E-state index contributed by atoms with van der Waals surface area (Å²) in [5.74, 6) is 0.355. The van der Waals surface area contributed by atoms with Crippen LogP contribution < -0.4 is 25.4 Å². The second-order valence-electron chi connectivity index (χ2n) is 6.43. The van der Waals surface area contributed by atoms with Crippen molar-refractivity contribution in [1.82, 2.24) is 15.0 Å². The Balaban J connectivity index is 1.85. The minimum atomic E-state index is -0.637. The number of anilines is 2. The Morgan fingerprint density at radius 1 is 1.33 bits per heavy atom. The van der Waals surface area contributed by atoms with E-state index in [1.165, 1.54) is 37.7 Å². The number of hydrogen-bond acceptors (Lipinski definition) is 10. The van der Waals surface area contributed by atoms with Crippen LogP contribution in [0, 0.1) is 16.0 Å². The zero-order valence-electron chi connectivity index (χ0n) is 16.7. The maximum absolute atomic E-state index is 12.2. The standard InChI is InChI=1S/C18H21N7O5/c1-20-15-16(29-3)13(8-23-17(15)25(27)28)30-12(6-19)11-7-22-14(9-21-11)24(2)18(26)10-4-5-10/h6-10,20H,4-5,19H2,1-3H3. The monoisotopic (exact) mass is 415 g/mol. The lowest BCUT2D eigenvalue weighted by Crippen LogP contribution is -2.28. The van der Waals surface area contributed by atoms with E-state index in [4.69, 9.17) is 15.2 Å². The van der Waals surface area contributed by atoms with Crippen LogP contribution in [0.3, 0.4) is 0 Å². The summed E-state index contributed by atoms with van der Waals surface area (Å²) in [5.41, 5.74) is 6.03. The minimum Gasteiger partial charge on any atom is -0.491 e. The van der Waals surface area contributed by atoms with Crippen molar-refractivity contribution < 1.29 is 19.2 Å². The highest BCUT2D eigenvalue weighted by molar-refractivity contribution is 5.95. The number of rotatable bonds is 8. The van der Waals surface area contributed by atoms with Crippen molar-refractivity contribution in [2.45, 2.75) is 12.8 Å². The van der Waals surface area contributed by atoms with Gasteiger partial charge in [-0.15, -0.1) is 0 Å². The highest BCUT2D eigenvalue weighted by atomic mass is 16.6. The van der Waals surface area contributed by atoms with Crippen molar-refractivity contribution in [3.63, 3.8) is 0 Å². The fourth-order valence-electron chi connectivity index (χ4n) is 2.74. The molecule has 0 atom stereocenters. The number of carbonyl (C=O) groups excluding carboxylic acids is 1. The molecule has 1 aliphatic rings. The van der Waals surface area contributed by atoms with Gasteiger partial charge in [0.2, 0.25) is 11.7 Å². The maximum Gasteiger partial charge on any atom is 0.391 e. The highest BCUT2D eigenvalue weighted by Gasteiger charge is 2.33. The van der Waals surface area contributed by atoms with E-state index >= 15 is 0 Å². The lowest BCUT2D eigenvalue weighted by Gasteiger charge is -2.16. The highest BCUT2D eigenvalue weighted by Crippen LogP contribution is 2.41. The van der Waals surface area contributed by atoms with Crippen molar-refractivity contribution in [2.75, 3.05) is 31.4 Å². The zero-order chi connectivity index (χ0) is 21.8. The molecule has 0 unspecified atom stereocenters. The Bertz CT molecular complexity index is 989. The Kier molecular flexibility index (Phi) is 5.95. The van der Waals surface area contributed by atoms with Gasteiger partial charge in [-0.2, -0.15) is 0 Å². The van der Waals surface area contributed by atoms with Gasteiger partial charge in [-0.25, -0.2) is 9.97 Å². The number of nitro groups is 1. The Hall–Kier alpha value is -3.96. The lowest BCUT2D eigenvalue weighted by atomic mass is 10.3. The third-order valence-electron chi connectivity index (χ3n) is 4.47. The van der Waals surface area contributed by atoms with E-state index in [0.29, 0.717) is 11.5 Å². The first-order valence-electron chi connectivity index (χ1n) is 9.00. The molecule has 3 N–H and O–H groups in total. The molecule has 3 rings (SSSR count). The molecule has 0 radical (unpaired) electrons. The van der Waals surface area contributed by atoms with E-state index in [2.05, 4.69) is 20.3 Å². The number of aromatic nitrogens is 3. The predicted molar refractivity (Wildman–Crippen MR) is 108 cm³/mol. The van der Waals surface area contributed by atoms with Crippen LogP contribution in [0.2, 0.25) is 0 Å². The van der Waals surface area contributed by atoms with Gasteiger partial charge in [0.25, 0.3) is 0 Å². The summed E-state index contributed by atoms with van der Waals surface area (Å²) in [6, 6.07) is 0. The topological polar surface area (TPSA) is 159 Å². The van der Waals surface area contributed by atoms with Crippen LogP contribution in [0.4, 0.5) is 17.3 Å². The number of hydrogen-bond donors (Lipinski definition) is 2. The van der Waals surface area contributed by atoms with Crippen molar-refractivity contribution >= 4 is 29.0 Å². The Labute approximate surface area is 171 Å². The van der Waals surface area contributed by atoms with Crippen LogP contribution >= 0.6 is 0 Å². The number of amides is 1. The van der Waals surface area contributed by atoms with Gasteiger partial charge in [0, 0.05) is 26.2 Å². The molecule has 158 valence electrons. The van der Waals surface area contributed by atoms with Gasteiger partial charge in [-0.05, 0) is 22.7 Å². The summed E-state index contributed by atoms with van der Waals surface area (Å²) in [6.45, 7) is 0. The molecule has 0 aliphatic heterocycles. The molecule has 12 nitrogen and oxygen atoms in total. The molecule has 1 aliphatic carbocycles. The summed E-state index contributed by atoms with van der Waals surface area (Å²) in [4.78, 5) is 36.5. The Morgan fingerprint density at radius 2 is 2.07 bits per heavy atom. The third-order valence-corrected chi connectivity index (χ3v) is 4.47. The molecule has 1 fully saturated rings. The number of nitrogens with two attached hydrogens (primary N) is 1. The van der Waals surface area contributed by atoms with Gasteiger partial charge in [0.1, 0.15) is 5.69 Å². The number of nitrogens with one attached hydrogen (secondary N) is 1. The smallest absolute Gasteiger partial charge is 0.391 e. The summed E-state index contributed by atoms with van der Waals surface area (Å²) in [6.07, 6.45) is 6.96. The fourth-order valence-corrected chi connectivity index (χ4v) is 2.74. The maximum atomic E-state index is 12.2. The minimum absolute atomic E-state index is 0.00387. The van der Waals surface area contributed by atoms with Crippen LogP contribution in [-0.2, 0) is 4.79 Å². The summed E-state index contributed by atoms with van der Waals surface area (Å²) in [5, 5.41) is 13.9. The molecule has 30 heavy (non-hydrogen) atoms. The van der Waals surface area contributed by atoms with Crippen molar-refractivity contribution in [3.8, 4) is 11.5 Å². The first kappa shape index (κ1) is 20.8. The van der Waals surface area contributed by atoms with E-state index in [0.717, 1.165) is 19.0 Å². The normalized spacial score (nSPS) is 13.5. The van der Waals surface area contributed by atoms with Crippen molar-refractivity contribution in [2.24, 2.45) is 11.7 Å². The third kappa shape index (κ3) is 4.06. The molecule has 0 spiro atoms. The zero-order valence-corrected chi connectivity index (χ0v) is 16.7. The van der Waals surface area contributed by atoms with Gasteiger partial charge in [0.05, 0.1) is 19.5 Å². The molecule has 2 aromatic heterocycles. The fraction of sp³-hybridized carbons (Fsp3) is 0.333. The van der Waals surface area contributed by atoms with E-state index in [1.807, 2.05) is 0 Å². The van der Waals surface area contributed by atoms with Crippen LogP contribution in [0.1, 0.15) is 18.5 Å². The van der Waals surface area contributed by atoms with Crippen molar-refractivity contribution in [1.29, 1.82) is 0 Å². The number of carbonyl (C=O) groups is 1. The first-order chi connectivity index (χ1) is 14.4. The molecule has 12 heteroatoms. The van der Waals surface area contributed by atoms with Crippen LogP contribution in [0.15, 0.2) is 24.8 Å². The number of nitrogens with zero attached hydrogens (tertiary/aromatic N) is 5. The van der Waals surface area contributed by atoms with Crippen molar-refractivity contribution in [3.05, 3.63) is 40.6 Å². The van der Waals surface area contributed by atoms with Crippen LogP contribution in [0.5, 0.6) is 11.5 Å². The average molecular weight is 415 g/mol. The molecular formula is C18H21N7O5. The summed E-state index contributed by atoms with van der Waals surface area (Å²) in [7, 11) is 4.49. The molecule has 1 saturated carbocycles. The number of methoxy groups -OCH3 is 1. The summed E-state index contributed by atoms with van der Waals surface area (Å²) < 4.78 is 11.0. The lowest BCUT2D eigenvalue weighted by molar-refractivity contribution is -0.388. The van der Waals surface area contributed by atoms with Gasteiger partial charge in [-0.3, -0.25) is 9.69 Å². The molecule has 2 heterocycles. The van der Waals surface area contributed by atoms with Gasteiger partial charge < -0.3 is 30.6 Å². The van der Waals surface area contributed by atoms with E-state index < -0.39 is 10.7 Å². The molecule has 1 amide bonds. The van der Waals surface area contributed by atoms with Crippen LogP contribution in [-0.4, -0.2) is 47.0 Å². The number of pyridine rings is 1. The second-order valence-corrected chi connectivity index (χ2v) is 6.43. The molecule has 0 aromatic carbocycles. The Morgan fingerprint density at radius 3 is 2.57 bits per heavy atom. The molecule has 0 bridgehead atoms. The van der Waals surface area contributed by atoms with Gasteiger partial charge in [0.15, 0.2) is 29.2 Å². The van der Waals surface area contributed by atoms with E-state index in [1.54, 1.807) is 7.05 Å². The van der Waals surface area contributed by atoms with Gasteiger partial charge >= 0.3 is 5.82 Å². The number of ether oxygens (including phenoxy) is 2. The summed E-state index contributed by atoms with van der Waals surface area (Å²) >= 11 is 0. The molecule has 0 saturated heterocycles. The quantitative estimate of drug-likeness (QED) is 0.368. The first-order valence-corrected chi connectivity index (χ1v) is 9.00. The average Bonchev–Trinajstić information content (AvgIpc) is 3.61. The van der Waals surface area contributed by atoms with E-state index in [9.17, 15) is 14.9 Å². The van der Waals surface area contributed by atoms with Crippen LogP contribution in [0.25, 0.3) is 5.76 Å². The molecule has 2 aromatic rings.